The Hall–Kier alpha value is -2.26. The third-order valence-electron chi connectivity index (χ3n) is 4.14. The van der Waals surface area contributed by atoms with E-state index in [0.717, 1.165) is 40.9 Å². The highest BCUT2D eigenvalue weighted by atomic mass is 79.9. The van der Waals surface area contributed by atoms with E-state index in [-0.39, 0.29) is 5.82 Å². The molecule has 3 rings (SSSR count). The number of hydrogen-bond donors (Lipinski definition) is 2. The highest BCUT2D eigenvalue weighted by Crippen LogP contribution is 2.20. The van der Waals surface area contributed by atoms with Crippen LogP contribution in [0.2, 0.25) is 0 Å². The van der Waals surface area contributed by atoms with Crippen molar-refractivity contribution in [2.75, 3.05) is 11.9 Å². The van der Waals surface area contributed by atoms with Crippen molar-refractivity contribution in [3.05, 3.63) is 63.8 Å². The van der Waals surface area contributed by atoms with Crippen LogP contribution in [0.1, 0.15) is 23.4 Å². The van der Waals surface area contributed by atoms with E-state index < -0.39 is 0 Å². The van der Waals surface area contributed by atoms with E-state index >= 15 is 0 Å². The molecule has 0 aliphatic rings. The quantitative estimate of drug-likeness (QED) is 0.408. The van der Waals surface area contributed by atoms with Crippen LogP contribution in [0.25, 0.3) is 0 Å². The van der Waals surface area contributed by atoms with E-state index in [2.05, 4.69) is 49.8 Å². The molecule has 2 aromatic heterocycles. The van der Waals surface area contributed by atoms with Crippen molar-refractivity contribution in [3.63, 3.8) is 0 Å². The molecule has 0 aliphatic carbocycles. The van der Waals surface area contributed by atoms with Gasteiger partial charge in [0.05, 0.1) is 16.7 Å². The van der Waals surface area contributed by atoms with Crippen molar-refractivity contribution < 1.29 is 4.39 Å². The first-order chi connectivity index (χ1) is 13.4. The second kappa shape index (κ2) is 9.29. The third kappa shape index (κ3) is 5.62. The zero-order valence-electron chi connectivity index (χ0n) is 15.7. The Morgan fingerprint density at radius 3 is 2.64 bits per heavy atom. The maximum Gasteiger partial charge on any atom is 0.172 e. The average Bonchev–Trinajstić information content (AvgIpc) is 3.14. The summed E-state index contributed by atoms with van der Waals surface area (Å²) in [4.78, 5) is 0. The van der Waals surface area contributed by atoms with Crippen LogP contribution in [0, 0.1) is 19.7 Å². The number of hydrogen-bond acceptors (Lipinski definition) is 3. The summed E-state index contributed by atoms with van der Waals surface area (Å²) in [5, 5.41) is 15.7. The fraction of sp³-hybridized carbons (Fsp3) is 0.316. The standard InChI is InChI=1S/C19H22BrFN6S/c1-13-10-14(2)27(24-13)9-3-8-22-19(28)23-18-17(20)12-26(25-18)11-15-4-6-16(21)7-5-15/h4-7,10,12H,3,8-9,11H2,1-2H3,(H2,22,23,25,28). The molecule has 3 aromatic rings. The lowest BCUT2D eigenvalue weighted by Crippen LogP contribution is -2.30. The molecule has 0 saturated carbocycles. The topological polar surface area (TPSA) is 59.7 Å². The smallest absolute Gasteiger partial charge is 0.172 e. The summed E-state index contributed by atoms with van der Waals surface area (Å²) in [5.41, 5.74) is 3.16. The van der Waals surface area contributed by atoms with Gasteiger partial charge in [-0.25, -0.2) is 4.39 Å². The number of rotatable bonds is 7. The number of nitrogens with zero attached hydrogens (tertiary/aromatic N) is 4. The van der Waals surface area contributed by atoms with Crippen LogP contribution in [-0.2, 0) is 13.1 Å². The predicted molar refractivity (Wildman–Crippen MR) is 116 cm³/mol. The number of thiocarbonyl (C=S) groups is 1. The molecule has 0 aliphatic heterocycles. The molecule has 0 fully saturated rings. The second-order valence-electron chi connectivity index (χ2n) is 6.53. The highest BCUT2D eigenvalue weighted by Gasteiger charge is 2.09. The fourth-order valence-corrected chi connectivity index (χ4v) is 3.44. The number of benzene rings is 1. The zero-order chi connectivity index (χ0) is 20.1. The Morgan fingerprint density at radius 2 is 1.96 bits per heavy atom. The molecule has 2 heterocycles. The van der Waals surface area contributed by atoms with E-state index in [9.17, 15) is 4.39 Å². The molecule has 0 radical (unpaired) electrons. The molecule has 0 spiro atoms. The van der Waals surface area contributed by atoms with Crippen molar-refractivity contribution >= 4 is 39.1 Å². The SMILES string of the molecule is Cc1cc(C)n(CCCNC(=S)Nc2nn(Cc3ccc(F)cc3)cc2Br)n1. The van der Waals surface area contributed by atoms with Crippen LogP contribution < -0.4 is 10.6 Å². The van der Waals surface area contributed by atoms with Gasteiger partial charge in [-0.05, 0) is 72.2 Å². The summed E-state index contributed by atoms with van der Waals surface area (Å²) >= 11 is 8.84. The van der Waals surface area contributed by atoms with Crippen molar-refractivity contribution in [2.45, 2.75) is 33.4 Å². The summed E-state index contributed by atoms with van der Waals surface area (Å²) in [6.07, 6.45) is 2.76. The Balaban J connectivity index is 1.46. The van der Waals surface area contributed by atoms with Gasteiger partial charge in [0, 0.05) is 25.0 Å². The lowest BCUT2D eigenvalue weighted by molar-refractivity contribution is 0.558. The molecule has 0 atom stereocenters. The molecular formula is C19H22BrFN6S. The second-order valence-corrected chi connectivity index (χ2v) is 7.80. The number of nitrogens with one attached hydrogen (secondary N) is 2. The first kappa shape index (κ1) is 20.5. The van der Waals surface area contributed by atoms with Crippen LogP contribution in [0.15, 0.2) is 41.0 Å². The number of anilines is 1. The van der Waals surface area contributed by atoms with E-state index in [1.807, 2.05) is 17.8 Å². The minimum absolute atomic E-state index is 0.248. The van der Waals surface area contributed by atoms with Crippen LogP contribution >= 0.6 is 28.1 Å². The highest BCUT2D eigenvalue weighted by molar-refractivity contribution is 9.10. The molecule has 28 heavy (non-hydrogen) atoms. The van der Waals surface area contributed by atoms with Gasteiger partial charge in [-0.15, -0.1) is 0 Å². The van der Waals surface area contributed by atoms with Gasteiger partial charge in [0.2, 0.25) is 0 Å². The van der Waals surface area contributed by atoms with Gasteiger partial charge in [0.25, 0.3) is 0 Å². The molecule has 0 saturated heterocycles. The van der Waals surface area contributed by atoms with E-state index in [4.69, 9.17) is 12.2 Å². The third-order valence-corrected chi connectivity index (χ3v) is 4.97. The number of aryl methyl sites for hydroxylation is 3. The summed E-state index contributed by atoms with van der Waals surface area (Å²) in [6, 6.07) is 8.44. The zero-order valence-corrected chi connectivity index (χ0v) is 18.1. The van der Waals surface area contributed by atoms with E-state index in [1.165, 1.54) is 12.1 Å². The summed E-state index contributed by atoms with van der Waals surface area (Å²) < 4.78 is 17.6. The van der Waals surface area contributed by atoms with Crippen LogP contribution in [0.4, 0.5) is 10.2 Å². The molecule has 0 bridgehead atoms. The summed E-state index contributed by atoms with van der Waals surface area (Å²) in [5.74, 6) is 0.389. The lowest BCUT2D eigenvalue weighted by Gasteiger charge is -2.09. The number of aromatic nitrogens is 4. The minimum Gasteiger partial charge on any atom is -0.362 e. The first-order valence-electron chi connectivity index (χ1n) is 8.94. The Labute approximate surface area is 177 Å². The van der Waals surface area contributed by atoms with Gasteiger partial charge >= 0.3 is 0 Å². The molecule has 2 N–H and O–H groups in total. The Morgan fingerprint density at radius 1 is 1.21 bits per heavy atom. The predicted octanol–water partition coefficient (Wildman–Crippen LogP) is 4.02. The van der Waals surface area contributed by atoms with Gasteiger partial charge in [0.1, 0.15) is 5.82 Å². The normalized spacial score (nSPS) is 10.9. The van der Waals surface area contributed by atoms with Crippen LogP contribution in [-0.4, -0.2) is 31.2 Å². The van der Waals surface area contributed by atoms with Crippen LogP contribution in [0.3, 0.4) is 0 Å². The maximum absolute atomic E-state index is 13.0. The van der Waals surface area contributed by atoms with E-state index in [1.54, 1.807) is 16.8 Å². The van der Waals surface area contributed by atoms with Gasteiger partial charge in [0.15, 0.2) is 10.9 Å². The molecular weight excluding hydrogens is 443 g/mol. The Bertz CT molecular complexity index is 950. The van der Waals surface area contributed by atoms with E-state index in [0.29, 0.717) is 17.5 Å². The van der Waals surface area contributed by atoms with Crippen molar-refractivity contribution in [1.29, 1.82) is 0 Å². The van der Waals surface area contributed by atoms with Crippen molar-refractivity contribution in [1.82, 2.24) is 24.9 Å². The van der Waals surface area contributed by atoms with Gasteiger partial charge in [-0.3, -0.25) is 9.36 Å². The molecule has 1 aromatic carbocycles. The molecule has 0 amide bonds. The van der Waals surface area contributed by atoms with Crippen molar-refractivity contribution in [2.24, 2.45) is 0 Å². The van der Waals surface area contributed by atoms with Crippen LogP contribution in [0.5, 0.6) is 0 Å². The minimum atomic E-state index is -0.248. The average molecular weight is 465 g/mol. The molecule has 6 nitrogen and oxygen atoms in total. The van der Waals surface area contributed by atoms with Gasteiger partial charge in [-0.2, -0.15) is 10.2 Å². The summed E-state index contributed by atoms with van der Waals surface area (Å²) in [6.45, 7) is 6.17. The molecule has 9 heteroatoms. The lowest BCUT2D eigenvalue weighted by atomic mass is 10.2. The van der Waals surface area contributed by atoms with Gasteiger partial charge in [-0.1, -0.05) is 12.1 Å². The maximum atomic E-state index is 13.0. The monoisotopic (exact) mass is 464 g/mol. The Kier molecular flexibility index (Phi) is 6.79. The number of halogens is 2. The first-order valence-corrected chi connectivity index (χ1v) is 10.1. The van der Waals surface area contributed by atoms with Crippen molar-refractivity contribution in [3.8, 4) is 0 Å². The fourth-order valence-electron chi connectivity index (χ4n) is 2.82. The largest absolute Gasteiger partial charge is 0.362 e. The molecule has 0 unspecified atom stereocenters. The van der Waals surface area contributed by atoms with Gasteiger partial charge < -0.3 is 10.6 Å². The molecule has 148 valence electrons. The summed E-state index contributed by atoms with van der Waals surface area (Å²) in [7, 11) is 0.